The van der Waals surface area contributed by atoms with Gasteiger partial charge >= 0.3 is 11.5 Å². The second-order valence-corrected chi connectivity index (χ2v) is 9.81. The van der Waals surface area contributed by atoms with Crippen LogP contribution < -0.4 is 5.32 Å². The Hall–Kier alpha value is -2.59. The van der Waals surface area contributed by atoms with Crippen molar-refractivity contribution in [1.29, 1.82) is 0 Å². The van der Waals surface area contributed by atoms with Crippen LogP contribution in [0.15, 0.2) is 53.4 Å². The minimum Gasteiger partial charge on any atom is -0.508 e. The van der Waals surface area contributed by atoms with Gasteiger partial charge in [-0.2, -0.15) is 13.2 Å². The molecule has 0 spiro atoms. The molecular weight excluding hydrogens is 435 g/mol. The highest BCUT2D eigenvalue weighted by Gasteiger charge is 2.48. The van der Waals surface area contributed by atoms with Crippen molar-refractivity contribution in [3.8, 4) is 5.75 Å². The van der Waals surface area contributed by atoms with Gasteiger partial charge < -0.3 is 15.2 Å². The van der Waals surface area contributed by atoms with Gasteiger partial charge in [-0.25, -0.2) is 8.42 Å². The summed E-state index contributed by atoms with van der Waals surface area (Å²) in [6.07, 6.45) is -0.396. The molecule has 31 heavy (non-hydrogen) atoms. The molecular formula is C21H24F3NO5S. The highest BCUT2D eigenvalue weighted by molar-refractivity contribution is 7.92. The van der Waals surface area contributed by atoms with Crippen molar-refractivity contribution in [2.24, 2.45) is 0 Å². The van der Waals surface area contributed by atoms with Gasteiger partial charge in [0.2, 0.25) is 0 Å². The predicted molar refractivity (Wildman–Crippen MR) is 108 cm³/mol. The predicted octanol–water partition coefficient (Wildman–Crippen LogP) is 3.73. The zero-order valence-corrected chi connectivity index (χ0v) is 18.0. The van der Waals surface area contributed by atoms with Crippen LogP contribution in [-0.4, -0.2) is 36.6 Å². The van der Waals surface area contributed by atoms with Crippen LogP contribution in [0.25, 0.3) is 0 Å². The lowest BCUT2D eigenvalue weighted by molar-refractivity contribution is -0.157. The fourth-order valence-corrected chi connectivity index (χ4v) is 3.78. The zero-order chi connectivity index (χ0) is 23.4. The molecule has 170 valence electrons. The molecule has 2 N–H and O–H groups in total. The number of carbonyl (C=O) groups excluding carboxylic acids is 1. The Morgan fingerprint density at radius 1 is 1.10 bits per heavy atom. The molecule has 0 saturated carbocycles. The van der Waals surface area contributed by atoms with Crippen LogP contribution in [0.4, 0.5) is 13.2 Å². The van der Waals surface area contributed by atoms with Gasteiger partial charge in [0.25, 0.3) is 9.84 Å². The Morgan fingerprint density at radius 3 is 2.26 bits per heavy atom. The molecule has 0 aliphatic rings. The third-order valence-electron chi connectivity index (χ3n) is 4.16. The topological polar surface area (TPSA) is 92.7 Å². The molecule has 0 bridgehead atoms. The molecule has 0 fully saturated rings. The van der Waals surface area contributed by atoms with Crippen LogP contribution in [0, 0.1) is 0 Å². The zero-order valence-electron chi connectivity index (χ0n) is 17.2. The number of rotatable bonds is 7. The van der Waals surface area contributed by atoms with E-state index in [0.29, 0.717) is 6.07 Å². The first kappa shape index (κ1) is 24.7. The number of aromatic hydroxyl groups is 1. The number of esters is 1. The highest BCUT2D eigenvalue weighted by atomic mass is 32.2. The first-order valence-corrected chi connectivity index (χ1v) is 10.8. The largest absolute Gasteiger partial charge is 0.508 e. The molecule has 0 amide bonds. The Kier molecular flexibility index (Phi) is 7.38. The smallest absolute Gasteiger partial charge is 0.501 e. The van der Waals surface area contributed by atoms with Gasteiger partial charge in [-0.15, -0.1) is 0 Å². The van der Waals surface area contributed by atoms with Gasteiger partial charge in [-0.3, -0.25) is 4.79 Å². The summed E-state index contributed by atoms with van der Waals surface area (Å²) in [5.41, 5.74) is -5.88. The summed E-state index contributed by atoms with van der Waals surface area (Å²) in [5, 5.41) is 12.5. The number of carbonyl (C=O) groups is 1. The standard InChI is InChI=1S/C21H24F3NO5S/c1-20(2,3)30-19(27)17(25-13-14-7-5-4-6-8-14)11-15-9-10-16(26)12-18(15)31(28,29)21(22,23)24/h4-10,12,17,25-26H,11,13H2,1-3H3/t17-/m0/s1. The summed E-state index contributed by atoms with van der Waals surface area (Å²) in [6, 6.07) is 10.5. The number of phenols is 1. The van der Waals surface area contributed by atoms with Crippen LogP contribution in [0.5, 0.6) is 5.75 Å². The number of ether oxygens (including phenoxy) is 1. The molecule has 6 nitrogen and oxygen atoms in total. The molecule has 0 aliphatic heterocycles. The maximum Gasteiger partial charge on any atom is 0.501 e. The second kappa shape index (κ2) is 9.27. The first-order valence-electron chi connectivity index (χ1n) is 9.34. The highest BCUT2D eigenvalue weighted by Crippen LogP contribution is 2.34. The lowest BCUT2D eigenvalue weighted by atomic mass is 10.0. The lowest BCUT2D eigenvalue weighted by Crippen LogP contribution is -2.42. The summed E-state index contributed by atoms with van der Waals surface area (Å²) in [4.78, 5) is 11.6. The van der Waals surface area contributed by atoms with Crippen LogP contribution in [0.1, 0.15) is 31.9 Å². The van der Waals surface area contributed by atoms with E-state index >= 15 is 0 Å². The van der Waals surface area contributed by atoms with Gasteiger partial charge in [0.05, 0.1) is 4.90 Å². The quantitative estimate of drug-likeness (QED) is 0.613. The van der Waals surface area contributed by atoms with E-state index in [9.17, 15) is 31.5 Å². The van der Waals surface area contributed by atoms with E-state index in [0.717, 1.165) is 17.7 Å². The minimum atomic E-state index is -5.74. The Labute approximate surface area is 179 Å². The third-order valence-corrected chi connectivity index (χ3v) is 5.72. The second-order valence-electron chi connectivity index (χ2n) is 7.90. The monoisotopic (exact) mass is 459 g/mol. The number of alkyl halides is 3. The van der Waals surface area contributed by atoms with E-state index in [1.54, 1.807) is 51.1 Å². The normalized spacial score (nSPS) is 13.6. The third kappa shape index (κ3) is 6.70. The maximum absolute atomic E-state index is 13.1. The van der Waals surface area contributed by atoms with E-state index in [2.05, 4.69) is 5.32 Å². The molecule has 2 aromatic rings. The average molecular weight is 459 g/mol. The molecule has 0 heterocycles. The number of halogens is 3. The van der Waals surface area contributed by atoms with E-state index in [1.165, 1.54) is 0 Å². The van der Waals surface area contributed by atoms with Gasteiger partial charge in [0, 0.05) is 6.54 Å². The number of hydrogen-bond donors (Lipinski definition) is 2. The minimum absolute atomic E-state index is 0.199. The summed E-state index contributed by atoms with van der Waals surface area (Å²) < 4.78 is 68.8. The van der Waals surface area contributed by atoms with Crippen molar-refractivity contribution in [2.45, 2.75) is 55.8 Å². The number of phenolic OH excluding ortho intramolecular Hbond substituents is 1. The van der Waals surface area contributed by atoms with Crippen LogP contribution in [0.2, 0.25) is 0 Å². The maximum atomic E-state index is 13.1. The Morgan fingerprint density at radius 2 is 1.71 bits per heavy atom. The fourth-order valence-electron chi connectivity index (χ4n) is 2.76. The van der Waals surface area contributed by atoms with E-state index in [1.807, 2.05) is 0 Å². The molecule has 1 atom stereocenters. The van der Waals surface area contributed by atoms with Crippen molar-refractivity contribution in [1.82, 2.24) is 5.32 Å². The summed E-state index contributed by atoms with van der Waals surface area (Å²) >= 11 is 0. The molecule has 10 heteroatoms. The average Bonchev–Trinajstić information content (AvgIpc) is 2.64. The van der Waals surface area contributed by atoms with Crippen molar-refractivity contribution >= 4 is 15.8 Å². The number of benzene rings is 2. The fraction of sp³-hybridized carbons (Fsp3) is 0.381. The molecule has 0 saturated heterocycles. The van der Waals surface area contributed by atoms with Crippen molar-refractivity contribution in [3.05, 3.63) is 59.7 Å². The van der Waals surface area contributed by atoms with Gasteiger partial charge in [0.15, 0.2) is 0 Å². The lowest BCUT2D eigenvalue weighted by Gasteiger charge is -2.25. The van der Waals surface area contributed by atoms with E-state index < -0.39 is 50.0 Å². The first-order chi connectivity index (χ1) is 14.2. The van der Waals surface area contributed by atoms with E-state index in [4.69, 9.17) is 4.74 Å². The molecule has 0 aromatic heterocycles. The Balaban J connectivity index is 2.40. The SMILES string of the molecule is CC(C)(C)OC(=O)[C@H](Cc1ccc(O)cc1S(=O)(=O)C(F)(F)F)NCc1ccccc1. The summed E-state index contributed by atoms with van der Waals surface area (Å²) in [6.45, 7) is 5.11. The molecule has 2 rings (SSSR count). The van der Waals surface area contributed by atoms with Gasteiger partial charge in [-0.1, -0.05) is 36.4 Å². The summed E-state index contributed by atoms with van der Waals surface area (Å²) in [5.74, 6) is -1.38. The number of nitrogens with one attached hydrogen (secondary N) is 1. The van der Waals surface area contributed by atoms with Gasteiger partial charge in [0.1, 0.15) is 17.4 Å². The van der Waals surface area contributed by atoms with Crippen molar-refractivity contribution < 1.29 is 36.2 Å². The molecule has 2 aromatic carbocycles. The van der Waals surface area contributed by atoms with Crippen LogP contribution >= 0.6 is 0 Å². The molecule has 0 radical (unpaired) electrons. The van der Waals surface area contributed by atoms with Crippen LogP contribution in [0.3, 0.4) is 0 Å². The summed E-state index contributed by atoms with van der Waals surface area (Å²) in [7, 11) is -5.74. The molecule has 0 unspecified atom stereocenters. The Bertz CT molecular complexity index is 1020. The van der Waals surface area contributed by atoms with Crippen LogP contribution in [-0.2, 0) is 32.3 Å². The number of sulfone groups is 1. The van der Waals surface area contributed by atoms with Crippen molar-refractivity contribution in [2.75, 3.05) is 0 Å². The number of hydrogen-bond acceptors (Lipinski definition) is 6. The molecule has 0 aliphatic carbocycles. The van der Waals surface area contributed by atoms with Crippen molar-refractivity contribution in [3.63, 3.8) is 0 Å². The van der Waals surface area contributed by atoms with Gasteiger partial charge in [-0.05, 0) is 50.5 Å². The van der Waals surface area contributed by atoms with E-state index in [-0.39, 0.29) is 12.1 Å².